The molecule has 4 aromatic rings. The van der Waals surface area contributed by atoms with Gasteiger partial charge in [0.25, 0.3) is 5.91 Å². The Bertz CT molecular complexity index is 1750. The lowest BCUT2D eigenvalue weighted by molar-refractivity contribution is -0.129. The third kappa shape index (κ3) is 6.06. The molecule has 0 spiro atoms. The summed E-state index contributed by atoms with van der Waals surface area (Å²) < 4.78 is 7.71. The van der Waals surface area contributed by atoms with E-state index in [0.717, 1.165) is 22.4 Å². The molecule has 1 aliphatic heterocycles. The van der Waals surface area contributed by atoms with Crippen molar-refractivity contribution in [2.24, 2.45) is 13.0 Å². The van der Waals surface area contributed by atoms with Gasteiger partial charge in [-0.25, -0.2) is 4.98 Å². The molecule has 5 rings (SSSR count). The van der Waals surface area contributed by atoms with E-state index < -0.39 is 23.4 Å². The Labute approximate surface area is 265 Å². The highest BCUT2D eigenvalue weighted by Gasteiger charge is 2.50. The molecule has 2 aromatic carbocycles. The van der Waals surface area contributed by atoms with Crippen LogP contribution in [0.4, 0.5) is 0 Å². The number of ether oxygens (including phenoxy) is 1. The van der Waals surface area contributed by atoms with Crippen molar-refractivity contribution in [1.82, 2.24) is 35.7 Å². The smallest absolute Gasteiger partial charge is 0.270 e. The lowest BCUT2D eigenvalue weighted by Gasteiger charge is -2.46. The van der Waals surface area contributed by atoms with Crippen molar-refractivity contribution in [2.75, 3.05) is 13.2 Å². The van der Waals surface area contributed by atoms with E-state index in [2.05, 4.69) is 51.2 Å². The van der Waals surface area contributed by atoms with Crippen molar-refractivity contribution < 1.29 is 19.1 Å². The Morgan fingerprint density at radius 2 is 1.93 bits per heavy atom. The number of fused-ring (bicyclic) bond motifs is 2. The predicted octanol–water partition coefficient (Wildman–Crippen LogP) is 3.03. The number of aryl methyl sites for hydroxylation is 1. The lowest BCUT2D eigenvalue weighted by atomic mass is 9.65. The number of carbonyl (C=O) groups excluding carboxylic acids is 3. The average Bonchev–Trinajstić information content (AvgIpc) is 3.66. The molecule has 0 bridgehead atoms. The van der Waals surface area contributed by atoms with Crippen LogP contribution in [0.3, 0.4) is 0 Å². The van der Waals surface area contributed by atoms with Crippen LogP contribution >= 0.6 is 0 Å². The summed E-state index contributed by atoms with van der Waals surface area (Å²) >= 11 is 0. The summed E-state index contributed by atoms with van der Waals surface area (Å²) in [5.74, 6) is 0.115. The summed E-state index contributed by atoms with van der Waals surface area (Å²) in [5, 5.41) is 13.1. The van der Waals surface area contributed by atoms with E-state index in [1.165, 1.54) is 0 Å². The van der Waals surface area contributed by atoms with E-state index in [4.69, 9.17) is 9.72 Å². The fraction of sp³-hybridized carbons (Fsp3) is 0.394. The van der Waals surface area contributed by atoms with Crippen LogP contribution in [0, 0.1) is 5.92 Å². The van der Waals surface area contributed by atoms with Crippen LogP contribution in [0.5, 0.6) is 5.75 Å². The summed E-state index contributed by atoms with van der Waals surface area (Å²) in [7, 11) is 2.21. The summed E-state index contributed by atoms with van der Waals surface area (Å²) in [6, 6.07) is 14.1. The zero-order valence-corrected chi connectivity index (χ0v) is 27.5. The number of likely N-dealkylation sites (N-methyl/N-ethyl adjacent to an activating group) is 1. The van der Waals surface area contributed by atoms with Crippen LogP contribution in [0.2, 0.25) is 6.55 Å². The molecule has 45 heavy (non-hydrogen) atoms. The van der Waals surface area contributed by atoms with Crippen LogP contribution in [-0.4, -0.2) is 71.5 Å². The van der Waals surface area contributed by atoms with E-state index >= 15 is 0 Å². The van der Waals surface area contributed by atoms with Gasteiger partial charge >= 0.3 is 0 Å². The van der Waals surface area contributed by atoms with E-state index in [0.29, 0.717) is 39.3 Å². The Hall–Kier alpha value is -4.58. The first-order valence-corrected chi connectivity index (χ1v) is 16.8. The molecule has 11 nitrogen and oxygen atoms in total. The first kappa shape index (κ1) is 31.8. The van der Waals surface area contributed by atoms with Crippen molar-refractivity contribution in [1.29, 1.82) is 0 Å². The summed E-state index contributed by atoms with van der Waals surface area (Å²) in [5.41, 5.74) is 5.28. The van der Waals surface area contributed by atoms with Crippen molar-refractivity contribution in [2.45, 2.75) is 57.7 Å². The normalized spacial score (nSPS) is 19.7. The fourth-order valence-electron chi connectivity index (χ4n) is 6.10. The maximum absolute atomic E-state index is 13.8. The van der Waals surface area contributed by atoms with E-state index in [1.54, 1.807) is 30.9 Å². The summed E-state index contributed by atoms with van der Waals surface area (Å²) in [6.07, 6.45) is 1.60. The number of aromatic amines is 1. The number of nitrogens with one attached hydrogen (secondary N) is 4. The number of carbonyl (C=O) groups is 3. The largest absolute Gasteiger partial charge is 0.493 e. The van der Waals surface area contributed by atoms with Crippen molar-refractivity contribution >= 4 is 43.6 Å². The van der Waals surface area contributed by atoms with Crippen LogP contribution < -0.4 is 20.7 Å². The third-order valence-electron chi connectivity index (χ3n) is 8.64. The molecule has 5 atom stereocenters. The summed E-state index contributed by atoms with van der Waals surface area (Å²) in [4.78, 5) is 47.5. The maximum atomic E-state index is 13.8. The second-order valence-electron chi connectivity index (χ2n) is 11.6. The first-order valence-electron chi connectivity index (χ1n) is 15.2. The van der Waals surface area contributed by atoms with Gasteiger partial charge in [0.2, 0.25) is 11.8 Å². The van der Waals surface area contributed by atoms with Crippen LogP contribution in [0.1, 0.15) is 67.1 Å². The molecule has 1 radical (unpaired) electrons. The standard InChI is InChI=1S/C33H40N7O4Si/c1-7-34-31(42)21(4)36-30(41)20(3)22-12-13-24-25(16-22)38-29(37-24)28(39-32(43)26-14-15-35-40(26)5)33(18-45-6)19(2)17-44-27-11-9-8-10-23(27)33/h8-16,18-21,28H,7,17H2,1-6H3,(H,34,42)(H,36,41)(H,37,38)(H,39,43)/t19?,20?,21-,28-,33+/m1/s1. The second-order valence-corrected chi connectivity index (χ2v) is 12.4. The van der Waals surface area contributed by atoms with Gasteiger partial charge in [0.15, 0.2) is 0 Å². The predicted molar refractivity (Wildman–Crippen MR) is 175 cm³/mol. The van der Waals surface area contributed by atoms with Gasteiger partial charge in [0.1, 0.15) is 29.4 Å². The number of hydrogen-bond acceptors (Lipinski definition) is 6. The molecule has 0 saturated carbocycles. The Morgan fingerprint density at radius 3 is 2.64 bits per heavy atom. The average molecular weight is 627 g/mol. The third-order valence-corrected chi connectivity index (χ3v) is 9.41. The minimum absolute atomic E-state index is 0.00363. The number of para-hydroxylation sites is 1. The Kier molecular flexibility index (Phi) is 9.33. The molecule has 3 amide bonds. The van der Waals surface area contributed by atoms with E-state index in [9.17, 15) is 14.4 Å². The molecule has 0 aliphatic carbocycles. The van der Waals surface area contributed by atoms with Gasteiger partial charge in [-0.1, -0.05) is 43.4 Å². The molecule has 235 valence electrons. The molecular formula is C33H40N7O4Si. The molecule has 3 heterocycles. The number of benzene rings is 2. The molecule has 12 heteroatoms. The maximum Gasteiger partial charge on any atom is 0.270 e. The molecule has 4 N–H and O–H groups in total. The molecule has 0 fully saturated rings. The zero-order chi connectivity index (χ0) is 32.3. The number of hydrogen-bond donors (Lipinski definition) is 4. The molecular weight excluding hydrogens is 586 g/mol. The number of rotatable bonds is 10. The summed E-state index contributed by atoms with van der Waals surface area (Å²) in [6.45, 7) is 10.5. The van der Waals surface area contributed by atoms with Crippen LogP contribution in [-0.2, 0) is 22.1 Å². The van der Waals surface area contributed by atoms with Gasteiger partial charge in [0.05, 0.1) is 23.6 Å². The number of imidazole rings is 1. The monoisotopic (exact) mass is 626 g/mol. The molecule has 1 aliphatic rings. The van der Waals surface area contributed by atoms with Crippen molar-refractivity contribution in [3.8, 4) is 5.75 Å². The van der Waals surface area contributed by atoms with Gasteiger partial charge in [-0.05, 0) is 50.6 Å². The number of amides is 3. The van der Waals surface area contributed by atoms with Gasteiger partial charge in [-0.3, -0.25) is 19.1 Å². The molecule has 0 saturated heterocycles. The minimum atomic E-state index is -0.651. The lowest BCUT2D eigenvalue weighted by Crippen LogP contribution is -2.53. The van der Waals surface area contributed by atoms with Crippen LogP contribution in [0.25, 0.3) is 11.0 Å². The molecule has 2 aromatic heterocycles. The zero-order valence-electron chi connectivity index (χ0n) is 26.5. The highest BCUT2D eigenvalue weighted by molar-refractivity contribution is 6.47. The number of H-pyrrole nitrogens is 1. The minimum Gasteiger partial charge on any atom is -0.493 e. The van der Waals surface area contributed by atoms with Gasteiger partial charge in [0, 0.05) is 45.8 Å². The van der Waals surface area contributed by atoms with Crippen LogP contribution in [0.15, 0.2) is 54.7 Å². The van der Waals surface area contributed by atoms with Crippen molar-refractivity contribution in [3.05, 3.63) is 77.4 Å². The first-order chi connectivity index (χ1) is 21.6. The Morgan fingerprint density at radius 1 is 1.16 bits per heavy atom. The highest BCUT2D eigenvalue weighted by atomic mass is 28.2. The second kappa shape index (κ2) is 13.2. The fourth-order valence-corrected chi connectivity index (χ4v) is 7.19. The van der Waals surface area contributed by atoms with Gasteiger partial charge in [-0.2, -0.15) is 5.10 Å². The van der Waals surface area contributed by atoms with Gasteiger partial charge in [-0.15, -0.1) is 0 Å². The SMILES string of the molecule is CCNC(=O)[C@@H](C)NC(=O)C(C)c1ccc2nc([C@@H](NC(=O)c3ccnn3C)[C@]3(/C=[Si]/C)c4ccccc4OCC3C)[nH]c2c1. The van der Waals surface area contributed by atoms with Gasteiger partial charge < -0.3 is 25.7 Å². The molecule has 2 unspecified atom stereocenters. The number of nitrogens with zero attached hydrogens (tertiary/aromatic N) is 3. The number of aromatic nitrogens is 4. The quantitative estimate of drug-likeness (QED) is 0.199. The topological polar surface area (TPSA) is 143 Å². The van der Waals surface area contributed by atoms with Crippen molar-refractivity contribution in [3.63, 3.8) is 0 Å². The van der Waals surface area contributed by atoms with E-state index in [1.807, 2.05) is 50.2 Å². The Balaban J connectivity index is 1.57. The van der Waals surface area contributed by atoms with E-state index in [-0.39, 0.29) is 23.6 Å². The highest BCUT2D eigenvalue weighted by Crippen LogP contribution is 2.48.